The van der Waals surface area contributed by atoms with Gasteiger partial charge in [-0.3, -0.25) is 4.79 Å². The highest BCUT2D eigenvalue weighted by atomic mass is 32.1. The molecule has 1 amide bonds. The van der Waals surface area contributed by atoms with Crippen LogP contribution in [0.3, 0.4) is 0 Å². The first-order valence-electron chi connectivity index (χ1n) is 9.48. The van der Waals surface area contributed by atoms with Crippen LogP contribution in [0.15, 0.2) is 62.7 Å². The van der Waals surface area contributed by atoms with Crippen LogP contribution in [0.4, 0.5) is 0 Å². The van der Waals surface area contributed by atoms with Crippen molar-refractivity contribution in [3.8, 4) is 5.75 Å². The number of carbonyl (C=O) groups is 1. The smallest absolute Gasteiger partial charge is 0.349 e. The Labute approximate surface area is 175 Å². The molecule has 0 radical (unpaired) electrons. The van der Waals surface area contributed by atoms with Gasteiger partial charge in [0.2, 0.25) is 0 Å². The number of thiazole rings is 1. The molecule has 154 valence electrons. The summed E-state index contributed by atoms with van der Waals surface area (Å²) in [5.41, 5.74) is 0.454. The van der Waals surface area contributed by atoms with Crippen LogP contribution in [-0.4, -0.2) is 30.8 Å². The van der Waals surface area contributed by atoms with Crippen molar-refractivity contribution >= 4 is 38.4 Å². The number of fused-ring (bicyclic) bond motifs is 2. The topological polar surface area (TPSA) is 83.0 Å². The van der Waals surface area contributed by atoms with Gasteiger partial charge in [0.15, 0.2) is 4.80 Å². The van der Waals surface area contributed by atoms with E-state index in [0.29, 0.717) is 41.3 Å². The zero-order chi connectivity index (χ0) is 21.1. The summed E-state index contributed by atoms with van der Waals surface area (Å²) in [6, 6.07) is 14.2. The number of amides is 1. The largest absolute Gasteiger partial charge is 0.495 e. The minimum atomic E-state index is -0.706. The van der Waals surface area contributed by atoms with E-state index in [1.54, 1.807) is 25.3 Å². The number of hydrogen-bond donors (Lipinski definition) is 0. The molecular weight excluding hydrogens is 404 g/mol. The van der Waals surface area contributed by atoms with Crippen LogP contribution in [0.1, 0.15) is 17.3 Å². The summed E-state index contributed by atoms with van der Waals surface area (Å²) in [6.45, 7) is 3.46. The Bertz CT molecular complexity index is 1350. The summed E-state index contributed by atoms with van der Waals surface area (Å²) in [5.74, 6) is 0.0320. The molecule has 0 saturated heterocycles. The number of methoxy groups -OCH3 is 1. The fourth-order valence-corrected chi connectivity index (χ4v) is 4.29. The van der Waals surface area contributed by atoms with Crippen molar-refractivity contribution in [3.05, 3.63) is 69.3 Å². The molecule has 2 heterocycles. The SMILES string of the molecule is CCOCCn1c(=NC(=O)c2cc3ccccc3oc2=O)sc2cccc(OC)c21. The summed E-state index contributed by atoms with van der Waals surface area (Å²) in [4.78, 5) is 30.0. The highest BCUT2D eigenvalue weighted by molar-refractivity contribution is 7.16. The van der Waals surface area contributed by atoms with Gasteiger partial charge in [0.25, 0.3) is 5.91 Å². The second-order valence-corrected chi connectivity index (χ2v) is 7.45. The van der Waals surface area contributed by atoms with Gasteiger partial charge < -0.3 is 18.5 Å². The van der Waals surface area contributed by atoms with Crippen LogP contribution in [0.2, 0.25) is 0 Å². The number of carbonyl (C=O) groups excluding carboxylic acids is 1. The van der Waals surface area contributed by atoms with Crippen molar-refractivity contribution in [2.24, 2.45) is 4.99 Å². The molecule has 0 aliphatic carbocycles. The summed E-state index contributed by atoms with van der Waals surface area (Å²) in [6.07, 6.45) is 0. The van der Waals surface area contributed by atoms with E-state index in [-0.39, 0.29) is 5.56 Å². The van der Waals surface area contributed by atoms with Gasteiger partial charge in [-0.1, -0.05) is 35.6 Å². The van der Waals surface area contributed by atoms with Crippen LogP contribution in [-0.2, 0) is 11.3 Å². The minimum Gasteiger partial charge on any atom is -0.495 e. The minimum absolute atomic E-state index is 0.102. The number of aromatic nitrogens is 1. The van der Waals surface area contributed by atoms with Crippen LogP contribution in [0.25, 0.3) is 21.2 Å². The van der Waals surface area contributed by atoms with Crippen LogP contribution in [0.5, 0.6) is 5.75 Å². The zero-order valence-corrected chi connectivity index (χ0v) is 17.4. The lowest BCUT2D eigenvalue weighted by molar-refractivity contribution is 0.0993. The van der Waals surface area contributed by atoms with Crippen molar-refractivity contribution in [1.82, 2.24) is 4.57 Å². The van der Waals surface area contributed by atoms with Gasteiger partial charge in [-0.15, -0.1) is 0 Å². The van der Waals surface area contributed by atoms with E-state index in [1.807, 2.05) is 35.8 Å². The van der Waals surface area contributed by atoms with Gasteiger partial charge in [0, 0.05) is 18.5 Å². The fraction of sp³-hybridized carbons (Fsp3) is 0.227. The first-order chi connectivity index (χ1) is 14.6. The van der Waals surface area contributed by atoms with E-state index in [4.69, 9.17) is 13.9 Å². The Morgan fingerprint density at radius 2 is 2.03 bits per heavy atom. The summed E-state index contributed by atoms with van der Waals surface area (Å²) in [7, 11) is 1.60. The third kappa shape index (κ3) is 3.79. The molecule has 30 heavy (non-hydrogen) atoms. The van der Waals surface area contributed by atoms with Gasteiger partial charge in [0.05, 0.1) is 18.4 Å². The molecule has 0 unspecified atom stereocenters. The average Bonchev–Trinajstić information content (AvgIpc) is 3.10. The number of nitrogens with zero attached hydrogens (tertiary/aromatic N) is 2. The van der Waals surface area contributed by atoms with E-state index in [2.05, 4.69) is 4.99 Å². The van der Waals surface area contributed by atoms with Gasteiger partial charge in [-0.25, -0.2) is 4.79 Å². The van der Waals surface area contributed by atoms with Crippen LogP contribution in [0, 0.1) is 0 Å². The molecule has 0 aliphatic rings. The monoisotopic (exact) mass is 424 g/mol. The van der Waals surface area contributed by atoms with Crippen molar-refractivity contribution < 1.29 is 18.7 Å². The van der Waals surface area contributed by atoms with E-state index in [1.165, 1.54) is 17.4 Å². The molecule has 0 spiro atoms. The molecular formula is C22H20N2O5S. The summed E-state index contributed by atoms with van der Waals surface area (Å²) < 4.78 is 19.1. The molecule has 2 aromatic heterocycles. The molecule has 0 atom stereocenters. The number of para-hydroxylation sites is 2. The lowest BCUT2D eigenvalue weighted by Crippen LogP contribution is -2.21. The molecule has 4 aromatic rings. The molecule has 0 aliphatic heterocycles. The standard InChI is InChI=1S/C22H20N2O5S/c1-3-28-12-11-24-19-17(27-2)9-6-10-18(19)30-22(24)23-20(25)15-13-14-7-4-5-8-16(14)29-21(15)26/h4-10,13H,3,11-12H2,1-2H3. The average molecular weight is 424 g/mol. The predicted molar refractivity (Wildman–Crippen MR) is 115 cm³/mol. The molecule has 0 saturated carbocycles. The predicted octanol–water partition coefficient (Wildman–Crippen LogP) is 3.60. The number of ether oxygens (including phenoxy) is 2. The van der Waals surface area contributed by atoms with E-state index in [0.717, 1.165) is 10.2 Å². The lowest BCUT2D eigenvalue weighted by Gasteiger charge is -2.08. The van der Waals surface area contributed by atoms with Gasteiger partial charge in [-0.05, 0) is 31.2 Å². The number of hydrogen-bond acceptors (Lipinski definition) is 6. The van der Waals surface area contributed by atoms with Crippen molar-refractivity contribution in [1.29, 1.82) is 0 Å². The van der Waals surface area contributed by atoms with Crippen LogP contribution < -0.4 is 15.2 Å². The maximum Gasteiger partial charge on any atom is 0.349 e. The molecule has 0 fully saturated rings. The molecule has 7 nitrogen and oxygen atoms in total. The summed E-state index contributed by atoms with van der Waals surface area (Å²) >= 11 is 1.35. The van der Waals surface area contributed by atoms with Gasteiger partial charge in [0.1, 0.15) is 22.4 Å². The number of benzene rings is 2. The molecule has 4 rings (SSSR count). The van der Waals surface area contributed by atoms with E-state index in [9.17, 15) is 9.59 Å². The van der Waals surface area contributed by atoms with Crippen molar-refractivity contribution in [3.63, 3.8) is 0 Å². The lowest BCUT2D eigenvalue weighted by atomic mass is 10.2. The quantitative estimate of drug-likeness (QED) is 0.349. The highest BCUT2D eigenvalue weighted by Gasteiger charge is 2.16. The normalized spacial score (nSPS) is 12.0. The summed E-state index contributed by atoms with van der Waals surface area (Å²) in [5, 5.41) is 0.665. The molecule has 0 bridgehead atoms. The molecule has 2 aromatic carbocycles. The van der Waals surface area contributed by atoms with Crippen LogP contribution >= 0.6 is 11.3 Å². The Balaban J connectivity index is 1.85. The zero-order valence-electron chi connectivity index (χ0n) is 16.6. The second kappa shape index (κ2) is 8.64. The second-order valence-electron chi connectivity index (χ2n) is 6.44. The first-order valence-corrected chi connectivity index (χ1v) is 10.3. The Morgan fingerprint density at radius 3 is 2.83 bits per heavy atom. The third-order valence-corrected chi connectivity index (χ3v) is 5.66. The van der Waals surface area contributed by atoms with Crippen molar-refractivity contribution in [2.75, 3.05) is 20.3 Å². The van der Waals surface area contributed by atoms with Gasteiger partial charge in [-0.2, -0.15) is 4.99 Å². The molecule has 0 N–H and O–H groups in total. The first kappa shape index (κ1) is 20.1. The van der Waals surface area contributed by atoms with E-state index < -0.39 is 11.5 Å². The third-order valence-electron chi connectivity index (χ3n) is 4.62. The highest BCUT2D eigenvalue weighted by Crippen LogP contribution is 2.27. The van der Waals surface area contributed by atoms with E-state index >= 15 is 0 Å². The maximum atomic E-state index is 12.9. The number of rotatable bonds is 6. The van der Waals surface area contributed by atoms with Gasteiger partial charge >= 0.3 is 5.63 Å². The molecule has 8 heteroatoms. The van der Waals surface area contributed by atoms with Crippen molar-refractivity contribution in [2.45, 2.75) is 13.5 Å². The maximum absolute atomic E-state index is 12.9. The Hall–Kier alpha value is -3.23. The fourth-order valence-electron chi connectivity index (χ4n) is 3.21. The Morgan fingerprint density at radius 1 is 1.20 bits per heavy atom. The Kier molecular flexibility index (Phi) is 5.78.